The maximum atomic E-state index is 10.4. The number of fused-ring (bicyclic) bond motifs is 1. The summed E-state index contributed by atoms with van der Waals surface area (Å²) in [6.07, 6.45) is 5.92. The quantitative estimate of drug-likeness (QED) is 0.860. The van der Waals surface area contributed by atoms with Crippen LogP contribution in [0.15, 0.2) is 48.2 Å². The van der Waals surface area contributed by atoms with E-state index in [1.165, 1.54) is 16.5 Å². The predicted molar refractivity (Wildman–Crippen MR) is 95.4 cm³/mol. The van der Waals surface area contributed by atoms with E-state index in [0.717, 1.165) is 38.0 Å². The summed E-state index contributed by atoms with van der Waals surface area (Å²) < 4.78 is 0. The molecule has 0 saturated carbocycles. The fourth-order valence-electron chi connectivity index (χ4n) is 3.48. The Balaban J connectivity index is 1.67. The number of likely N-dealkylation sites (tertiary alicyclic amines) is 1. The molecule has 1 saturated heterocycles. The Kier molecular flexibility index (Phi) is 5.09. The lowest BCUT2D eigenvalue weighted by atomic mass is 9.94. The zero-order valence-electron chi connectivity index (χ0n) is 14.1. The van der Waals surface area contributed by atoms with Crippen LogP contribution in [-0.4, -0.2) is 40.7 Å². The minimum absolute atomic E-state index is 0.228. The molecule has 3 nitrogen and oxygen atoms in total. The van der Waals surface area contributed by atoms with Crippen LogP contribution >= 0.6 is 0 Å². The van der Waals surface area contributed by atoms with Crippen molar-refractivity contribution in [3.8, 4) is 0 Å². The van der Waals surface area contributed by atoms with Gasteiger partial charge in [0, 0.05) is 37.1 Å². The fourth-order valence-corrected chi connectivity index (χ4v) is 3.48. The van der Waals surface area contributed by atoms with Crippen molar-refractivity contribution in [1.82, 2.24) is 9.88 Å². The number of hydrogen-bond acceptors (Lipinski definition) is 3. The van der Waals surface area contributed by atoms with E-state index in [0.29, 0.717) is 5.92 Å². The molecular weight excluding hydrogens is 284 g/mol. The summed E-state index contributed by atoms with van der Waals surface area (Å²) in [4.78, 5) is 6.82. The third-order valence-corrected chi connectivity index (χ3v) is 4.70. The van der Waals surface area contributed by atoms with Crippen molar-refractivity contribution in [2.75, 3.05) is 19.6 Å². The topological polar surface area (TPSA) is 36.4 Å². The predicted octanol–water partition coefficient (Wildman–Crippen LogP) is 3.43. The van der Waals surface area contributed by atoms with Crippen LogP contribution in [0.4, 0.5) is 0 Å². The highest BCUT2D eigenvalue weighted by Gasteiger charge is 2.31. The maximum absolute atomic E-state index is 10.4. The number of benzene rings is 1. The highest BCUT2D eigenvalue weighted by atomic mass is 16.3. The third-order valence-electron chi connectivity index (χ3n) is 4.70. The Morgan fingerprint density at radius 1 is 1.26 bits per heavy atom. The van der Waals surface area contributed by atoms with Gasteiger partial charge in [-0.25, -0.2) is 0 Å². The average molecular weight is 310 g/mol. The second kappa shape index (κ2) is 7.24. The van der Waals surface area contributed by atoms with Gasteiger partial charge in [0.2, 0.25) is 0 Å². The molecule has 0 bridgehead atoms. The SMILES string of the molecule is CC(C)=CCCN1C[C@@H](Cc2ccnc3ccccc23)[C@H](O)C1. The summed E-state index contributed by atoms with van der Waals surface area (Å²) in [6, 6.07) is 10.4. The van der Waals surface area contributed by atoms with Gasteiger partial charge >= 0.3 is 0 Å². The molecule has 1 aromatic heterocycles. The van der Waals surface area contributed by atoms with Crippen molar-refractivity contribution in [3.05, 3.63) is 53.7 Å². The number of allylic oxidation sites excluding steroid dienone is 1. The number of pyridine rings is 1. The summed E-state index contributed by atoms with van der Waals surface area (Å²) in [5.41, 5.74) is 3.70. The lowest BCUT2D eigenvalue weighted by Crippen LogP contribution is -2.22. The van der Waals surface area contributed by atoms with Crippen LogP contribution in [0.3, 0.4) is 0 Å². The van der Waals surface area contributed by atoms with Crippen molar-refractivity contribution in [1.29, 1.82) is 0 Å². The molecule has 23 heavy (non-hydrogen) atoms. The highest BCUT2D eigenvalue weighted by molar-refractivity contribution is 5.81. The Morgan fingerprint density at radius 3 is 2.91 bits per heavy atom. The molecule has 1 N–H and O–H groups in total. The molecule has 1 fully saturated rings. The molecule has 3 rings (SSSR count). The minimum atomic E-state index is -0.228. The fraction of sp³-hybridized carbons (Fsp3) is 0.450. The van der Waals surface area contributed by atoms with Crippen molar-refractivity contribution < 1.29 is 5.11 Å². The van der Waals surface area contributed by atoms with Crippen LogP contribution in [0.1, 0.15) is 25.8 Å². The average Bonchev–Trinajstić information content (AvgIpc) is 2.87. The molecular formula is C20H26N2O. The molecule has 3 heteroatoms. The number of aromatic nitrogens is 1. The smallest absolute Gasteiger partial charge is 0.0710 e. The molecule has 2 heterocycles. The van der Waals surface area contributed by atoms with Crippen molar-refractivity contribution >= 4 is 10.9 Å². The Morgan fingerprint density at radius 2 is 2.09 bits per heavy atom. The monoisotopic (exact) mass is 310 g/mol. The first-order valence-corrected chi connectivity index (χ1v) is 8.50. The second-order valence-electron chi connectivity index (χ2n) is 6.85. The first-order chi connectivity index (χ1) is 11.1. The van der Waals surface area contributed by atoms with Gasteiger partial charge in [-0.05, 0) is 44.4 Å². The summed E-state index contributed by atoms with van der Waals surface area (Å²) in [7, 11) is 0. The minimum Gasteiger partial charge on any atom is -0.391 e. The number of aliphatic hydroxyl groups is 1. The highest BCUT2D eigenvalue weighted by Crippen LogP contribution is 2.25. The molecule has 2 aromatic rings. The van der Waals surface area contributed by atoms with Gasteiger partial charge in [-0.3, -0.25) is 4.98 Å². The largest absolute Gasteiger partial charge is 0.391 e. The van der Waals surface area contributed by atoms with E-state index in [2.05, 4.69) is 54.1 Å². The molecule has 0 radical (unpaired) electrons. The van der Waals surface area contributed by atoms with Crippen LogP contribution < -0.4 is 0 Å². The summed E-state index contributed by atoms with van der Waals surface area (Å²) in [5.74, 6) is 0.313. The molecule has 0 aliphatic carbocycles. The lowest BCUT2D eigenvalue weighted by Gasteiger charge is -2.15. The van der Waals surface area contributed by atoms with Gasteiger partial charge in [0.25, 0.3) is 0 Å². The molecule has 2 atom stereocenters. The molecule has 1 aliphatic rings. The van der Waals surface area contributed by atoms with Crippen molar-refractivity contribution in [3.63, 3.8) is 0 Å². The van der Waals surface area contributed by atoms with Gasteiger partial charge < -0.3 is 10.0 Å². The maximum Gasteiger partial charge on any atom is 0.0710 e. The number of para-hydroxylation sites is 1. The summed E-state index contributed by atoms with van der Waals surface area (Å²) in [5, 5.41) is 11.6. The number of β-amino-alcohol motifs (C(OH)–C–C–N with tert-alkyl or cyclic N) is 1. The normalized spacial score (nSPS) is 21.7. The van der Waals surface area contributed by atoms with Crippen molar-refractivity contribution in [2.45, 2.75) is 32.8 Å². The van der Waals surface area contributed by atoms with Gasteiger partial charge in [-0.15, -0.1) is 0 Å². The summed E-state index contributed by atoms with van der Waals surface area (Å²) in [6.45, 7) is 7.08. The van der Waals surface area contributed by atoms with Crippen LogP contribution in [0.5, 0.6) is 0 Å². The molecule has 0 spiro atoms. The zero-order chi connectivity index (χ0) is 16.2. The molecule has 122 valence electrons. The van der Waals surface area contributed by atoms with Crippen molar-refractivity contribution in [2.24, 2.45) is 5.92 Å². The Labute approximate surface area is 138 Å². The first-order valence-electron chi connectivity index (χ1n) is 8.50. The number of hydrogen-bond donors (Lipinski definition) is 1. The second-order valence-corrected chi connectivity index (χ2v) is 6.85. The molecule has 0 amide bonds. The Bertz CT molecular complexity index is 686. The lowest BCUT2D eigenvalue weighted by molar-refractivity contribution is 0.142. The van der Waals surface area contributed by atoms with Crippen LogP contribution in [0.25, 0.3) is 10.9 Å². The van der Waals surface area contributed by atoms with Gasteiger partial charge in [0.05, 0.1) is 11.6 Å². The molecule has 1 aromatic carbocycles. The van der Waals surface area contributed by atoms with E-state index in [9.17, 15) is 5.11 Å². The van der Waals surface area contributed by atoms with Crippen LogP contribution in [0.2, 0.25) is 0 Å². The van der Waals surface area contributed by atoms with Gasteiger partial charge in [-0.1, -0.05) is 29.8 Å². The van der Waals surface area contributed by atoms with Gasteiger partial charge in [0.15, 0.2) is 0 Å². The summed E-state index contributed by atoms with van der Waals surface area (Å²) >= 11 is 0. The number of rotatable bonds is 5. The third kappa shape index (κ3) is 3.98. The van der Waals surface area contributed by atoms with E-state index >= 15 is 0 Å². The van der Waals surface area contributed by atoms with E-state index < -0.39 is 0 Å². The van der Waals surface area contributed by atoms with Crippen LogP contribution in [-0.2, 0) is 6.42 Å². The molecule has 0 unspecified atom stereocenters. The molecule has 1 aliphatic heterocycles. The van der Waals surface area contributed by atoms with Gasteiger partial charge in [-0.2, -0.15) is 0 Å². The Hall–Kier alpha value is -1.71. The van der Waals surface area contributed by atoms with E-state index in [1.54, 1.807) is 0 Å². The van der Waals surface area contributed by atoms with Gasteiger partial charge in [0.1, 0.15) is 0 Å². The standard InChI is InChI=1S/C20H26N2O/c1-15(2)6-5-11-22-13-17(20(23)14-22)12-16-9-10-21-19-8-4-3-7-18(16)19/h3-4,6-10,17,20,23H,5,11-14H2,1-2H3/t17-,20-/m1/s1. The zero-order valence-corrected chi connectivity index (χ0v) is 14.1. The van der Waals surface area contributed by atoms with E-state index in [1.807, 2.05) is 12.3 Å². The number of aliphatic hydroxyl groups excluding tert-OH is 1. The van der Waals surface area contributed by atoms with E-state index in [-0.39, 0.29) is 6.10 Å². The van der Waals surface area contributed by atoms with E-state index in [4.69, 9.17) is 0 Å². The number of nitrogens with zero attached hydrogens (tertiary/aromatic N) is 2. The first kappa shape index (κ1) is 16.2. The van der Waals surface area contributed by atoms with Crippen LogP contribution in [0, 0.1) is 5.92 Å².